The smallest absolute Gasteiger partial charge is 0.255 e. The number of rotatable bonds is 7. The molecule has 0 bridgehead atoms. The Morgan fingerprint density at radius 1 is 1.04 bits per heavy atom. The van der Waals surface area contributed by atoms with E-state index in [1.165, 1.54) is 30.3 Å². The summed E-state index contributed by atoms with van der Waals surface area (Å²) in [5.74, 6) is -0.591. The minimum Gasteiger partial charge on any atom is -0.355 e. The van der Waals surface area contributed by atoms with Crippen molar-refractivity contribution in [3.63, 3.8) is 0 Å². The highest BCUT2D eigenvalue weighted by Crippen LogP contribution is 2.18. The van der Waals surface area contributed by atoms with Gasteiger partial charge >= 0.3 is 0 Å². The molecule has 0 radical (unpaired) electrons. The van der Waals surface area contributed by atoms with Crippen molar-refractivity contribution in [3.05, 3.63) is 71.8 Å². The van der Waals surface area contributed by atoms with Crippen LogP contribution in [0.15, 0.2) is 60.0 Å². The fourth-order valence-electron chi connectivity index (χ4n) is 2.32. The summed E-state index contributed by atoms with van der Waals surface area (Å²) in [6.45, 7) is 5.36. The third-order valence-electron chi connectivity index (χ3n) is 3.81. The van der Waals surface area contributed by atoms with Crippen molar-refractivity contribution in [1.82, 2.24) is 10.0 Å². The van der Waals surface area contributed by atoms with Crippen LogP contribution in [-0.2, 0) is 10.0 Å². The van der Waals surface area contributed by atoms with E-state index in [0.29, 0.717) is 16.8 Å². The van der Waals surface area contributed by atoms with E-state index in [0.717, 1.165) is 5.56 Å². The summed E-state index contributed by atoms with van der Waals surface area (Å²) in [5.41, 5.74) is 2.11. The van der Waals surface area contributed by atoms with Crippen LogP contribution in [0, 0.1) is 6.92 Å². The number of sulfonamides is 1. The Kier molecular flexibility index (Phi) is 6.49. The molecule has 8 heteroatoms. The monoisotopic (exact) mass is 387 g/mol. The fraction of sp³-hybridized carbons (Fsp3) is 0.158. The third-order valence-corrected chi connectivity index (χ3v) is 5.25. The molecule has 2 rings (SSSR count). The van der Waals surface area contributed by atoms with Gasteiger partial charge in [0.1, 0.15) is 0 Å². The Balaban J connectivity index is 2.15. The molecule has 0 unspecified atom stereocenters. The van der Waals surface area contributed by atoms with Crippen molar-refractivity contribution in [2.45, 2.75) is 11.8 Å². The molecule has 0 spiro atoms. The maximum Gasteiger partial charge on any atom is 0.255 e. The molecule has 0 aliphatic heterocycles. The van der Waals surface area contributed by atoms with Gasteiger partial charge < -0.3 is 10.6 Å². The van der Waals surface area contributed by atoms with Crippen molar-refractivity contribution >= 4 is 27.5 Å². The van der Waals surface area contributed by atoms with E-state index < -0.39 is 10.0 Å². The number of hydrogen-bond acceptors (Lipinski definition) is 4. The van der Waals surface area contributed by atoms with Crippen LogP contribution < -0.4 is 15.4 Å². The summed E-state index contributed by atoms with van der Waals surface area (Å²) in [6, 6.07) is 10.5. The van der Waals surface area contributed by atoms with Gasteiger partial charge in [-0.1, -0.05) is 6.08 Å². The normalized spacial score (nSPS) is 10.9. The number of hydrogen-bond donors (Lipinski definition) is 3. The largest absolute Gasteiger partial charge is 0.355 e. The molecule has 0 aromatic heterocycles. The Morgan fingerprint density at radius 3 is 2.22 bits per heavy atom. The standard InChI is InChI=1S/C19H21N3O4S/c1-4-11-21-27(25,26)16-8-5-14(6-9-16)19(24)22-17-10-7-15(12-13(17)2)18(23)20-3/h4-10,12,21H,1,11H2,2-3H3,(H,20,23)(H,22,24). The van der Waals surface area contributed by atoms with Crippen LogP contribution in [0.4, 0.5) is 5.69 Å². The van der Waals surface area contributed by atoms with Gasteiger partial charge in [0.2, 0.25) is 10.0 Å². The van der Waals surface area contributed by atoms with E-state index >= 15 is 0 Å². The van der Waals surface area contributed by atoms with Crippen molar-refractivity contribution in [1.29, 1.82) is 0 Å². The summed E-state index contributed by atoms with van der Waals surface area (Å²) in [7, 11) is -2.09. The van der Waals surface area contributed by atoms with Gasteiger partial charge in [-0.25, -0.2) is 13.1 Å². The van der Waals surface area contributed by atoms with Gasteiger partial charge in [0, 0.05) is 30.4 Å². The minimum absolute atomic E-state index is 0.0620. The van der Waals surface area contributed by atoms with E-state index in [1.54, 1.807) is 32.2 Å². The second-order valence-corrected chi connectivity index (χ2v) is 7.49. The second kappa shape index (κ2) is 8.61. The molecule has 0 atom stereocenters. The zero-order valence-corrected chi connectivity index (χ0v) is 15.9. The highest BCUT2D eigenvalue weighted by molar-refractivity contribution is 7.89. The first-order valence-corrected chi connectivity index (χ1v) is 9.61. The molecule has 0 fully saturated rings. The second-order valence-electron chi connectivity index (χ2n) is 5.73. The number of anilines is 1. The van der Waals surface area contributed by atoms with Crippen molar-refractivity contribution in [3.8, 4) is 0 Å². The quantitative estimate of drug-likeness (QED) is 0.633. The summed E-state index contributed by atoms with van der Waals surface area (Å²) < 4.78 is 26.4. The summed E-state index contributed by atoms with van der Waals surface area (Å²) in [6.07, 6.45) is 1.44. The zero-order valence-electron chi connectivity index (χ0n) is 15.1. The average molecular weight is 387 g/mol. The lowest BCUT2D eigenvalue weighted by molar-refractivity contribution is 0.0962. The summed E-state index contributed by atoms with van der Waals surface area (Å²) in [5, 5.41) is 5.29. The minimum atomic E-state index is -3.64. The van der Waals surface area contributed by atoms with Crippen LogP contribution in [0.3, 0.4) is 0 Å². The van der Waals surface area contributed by atoms with Crippen LogP contribution in [0.25, 0.3) is 0 Å². The van der Waals surface area contributed by atoms with Crippen molar-refractivity contribution < 1.29 is 18.0 Å². The number of aryl methyl sites for hydroxylation is 1. The molecule has 3 N–H and O–H groups in total. The molecule has 0 aliphatic carbocycles. The van der Waals surface area contributed by atoms with E-state index in [9.17, 15) is 18.0 Å². The molecule has 0 aliphatic rings. The Hall–Kier alpha value is -2.97. The molecule has 0 saturated carbocycles. The first kappa shape index (κ1) is 20.3. The lowest BCUT2D eigenvalue weighted by Crippen LogP contribution is -2.23. The van der Waals surface area contributed by atoms with Gasteiger partial charge in [0.05, 0.1) is 4.90 Å². The molecule has 27 heavy (non-hydrogen) atoms. The number of carbonyl (C=O) groups is 2. The van der Waals surface area contributed by atoms with E-state index in [2.05, 4.69) is 21.9 Å². The van der Waals surface area contributed by atoms with Gasteiger partial charge in [-0.2, -0.15) is 0 Å². The summed E-state index contributed by atoms with van der Waals surface area (Å²) >= 11 is 0. The molecule has 0 saturated heterocycles. The SMILES string of the molecule is C=CCNS(=O)(=O)c1ccc(C(=O)Nc2ccc(C(=O)NC)cc2C)cc1. The van der Waals surface area contributed by atoms with Gasteiger partial charge in [-0.05, 0) is 55.0 Å². The Bertz CT molecular complexity index is 967. The number of carbonyl (C=O) groups excluding carboxylic acids is 2. The highest BCUT2D eigenvalue weighted by atomic mass is 32.2. The maximum absolute atomic E-state index is 12.4. The molecule has 2 aromatic carbocycles. The molecule has 2 aromatic rings. The van der Waals surface area contributed by atoms with E-state index in [-0.39, 0.29) is 23.3 Å². The van der Waals surface area contributed by atoms with Gasteiger partial charge in [-0.3, -0.25) is 9.59 Å². The lowest BCUT2D eigenvalue weighted by atomic mass is 10.1. The average Bonchev–Trinajstić information content (AvgIpc) is 2.67. The van der Waals surface area contributed by atoms with Gasteiger partial charge in [0.15, 0.2) is 0 Å². The summed E-state index contributed by atoms with van der Waals surface area (Å²) in [4.78, 5) is 24.1. The van der Waals surface area contributed by atoms with Crippen molar-refractivity contribution in [2.24, 2.45) is 0 Å². The number of nitrogens with one attached hydrogen (secondary N) is 3. The Morgan fingerprint density at radius 2 is 1.67 bits per heavy atom. The fourth-order valence-corrected chi connectivity index (χ4v) is 3.32. The predicted octanol–water partition coefficient (Wildman–Crippen LogP) is 2.07. The predicted molar refractivity (Wildman–Crippen MR) is 104 cm³/mol. The van der Waals surface area contributed by atoms with Gasteiger partial charge in [0.25, 0.3) is 11.8 Å². The Labute approximate surface area is 158 Å². The zero-order chi connectivity index (χ0) is 20.0. The van der Waals surface area contributed by atoms with Crippen molar-refractivity contribution in [2.75, 3.05) is 18.9 Å². The third kappa shape index (κ3) is 5.02. The van der Waals surface area contributed by atoms with E-state index in [4.69, 9.17) is 0 Å². The van der Waals surface area contributed by atoms with Gasteiger partial charge in [-0.15, -0.1) is 6.58 Å². The maximum atomic E-state index is 12.4. The highest BCUT2D eigenvalue weighted by Gasteiger charge is 2.15. The molecule has 7 nitrogen and oxygen atoms in total. The first-order valence-electron chi connectivity index (χ1n) is 8.13. The van der Waals surface area contributed by atoms with Crippen LogP contribution in [0.5, 0.6) is 0 Å². The molecule has 142 valence electrons. The lowest BCUT2D eigenvalue weighted by Gasteiger charge is -2.10. The first-order chi connectivity index (χ1) is 12.8. The van der Waals surface area contributed by atoms with Crippen LogP contribution >= 0.6 is 0 Å². The van der Waals surface area contributed by atoms with Crippen LogP contribution in [0.2, 0.25) is 0 Å². The molecular weight excluding hydrogens is 366 g/mol. The van der Waals surface area contributed by atoms with E-state index in [1.807, 2.05) is 0 Å². The molecule has 0 heterocycles. The van der Waals surface area contributed by atoms with Crippen LogP contribution in [0.1, 0.15) is 26.3 Å². The number of amides is 2. The molecular formula is C19H21N3O4S. The number of benzene rings is 2. The topological polar surface area (TPSA) is 104 Å². The van der Waals surface area contributed by atoms with Crippen LogP contribution in [-0.4, -0.2) is 33.8 Å². The molecule has 2 amide bonds.